The SMILES string of the molecule is O=C(CC(O)c1ccccc1)N1CCCN(c2cccnn2)CC1. The van der Waals surface area contributed by atoms with Gasteiger partial charge in [0, 0.05) is 32.4 Å². The van der Waals surface area contributed by atoms with Gasteiger partial charge in [-0.25, -0.2) is 0 Å². The highest BCUT2D eigenvalue weighted by Crippen LogP contribution is 2.18. The zero-order valence-corrected chi connectivity index (χ0v) is 13.6. The van der Waals surface area contributed by atoms with Gasteiger partial charge in [0.1, 0.15) is 0 Å². The van der Waals surface area contributed by atoms with Crippen LogP contribution in [-0.4, -0.2) is 52.3 Å². The summed E-state index contributed by atoms with van der Waals surface area (Å²) in [5, 5.41) is 18.3. The monoisotopic (exact) mass is 326 g/mol. The Bertz CT molecular complexity index is 651. The summed E-state index contributed by atoms with van der Waals surface area (Å²) in [4.78, 5) is 16.5. The quantitative estimate of drug-likeness (QED) is 0.925. The molecule has 0 radical (unpaired) electrons. The lowest BCUT2D eigenvalue weighted by molar-refractivity contribution is -0.133. The molecule has 1 amide bonds. The van der Waals surface area contributed by atoms with Crippen LogP contribution in [0.3, 0.4) is 0 Å². The molecule has 24 heavy (non-hydrogen) atoms. The molecule has 1 saturated heterocycles. The van der Waals surface area contributed by atoms with Gasteiger partial charge in [-0.3, -0.25) is 4.79 Å². The van der Waals surface area contributed by atoms with Gasteiger partial charge in [-0.2, -0.15) is 5.10 Å². The lowest BCUT2D eigenvalue weighted by Gasteiger charge is -2.23. The fourth-order valence-corrected chi connectivity index (χ4v) is 2.95. The van der Waals surface area contributed by atoms with Crippen molar-refractivity contribution < 1.29 is 9.90 Å². The normalized spacial score (nSPS) is 16.5. The van der Waals surface area contributed by atoms with Crippen LogP contribution in [0.4, 0.5) is 5.82 Å². The fourth-order valence-electron chi connectivity index (χ4n) is 2.95. The van der Waals surface area contributed by atoms with E-state index in [1.807, 2.05) is 47.4 Å². The zero-order chi connectivity index (χ0) is 16.8. The third-order valence-electron chi connectivity index (χ3n) is 4.28. The van der Waals surface area contributed by atoms with Crippen LogP contribution in [0.15, 0.2) is 48.7 Å². The van der Waals surface area contributed by atoms with E-state index in [9.17, 15) is 9.90 Å². The Morgan fingerprint density at radius 2 is 1.92 bits per heavy atom. The number of hydrogen-bond acceptors (Lipinski definition) is 5. The predicted molar refractivity (Wildman–Crippen MR) is 91.5 cm³/mol. The molecule has 0 spiro atoms. The molecule has 1 atom stereocenters. The number of carbonyl (C=O) groups excluding carboxylic acids is 1. The zero-order valence-electron chi connectivity index (χ0n) is 13.6. The van der Waals surface area contributed by atoms with E-state index in [0.29, 0.717) is 13.1 Å². The van der Waals surface area contributed by atoms with Crippen molar-refractivity contribution in [3.05, 3.63) is 54.2 Å². The molecule has 126 valence electrons. The van der Waals surface area contributed by atoms with Gasteiger partial charge in [0.05, 0.1) is 12.5 Å². The molecule has 0 saturated carbocycles. The summed E-state index contributed by atoms with van der Waals surface area (Å²) in [6, 6.07) is 13.1. The maximum atomic E-state index is 12.5. The first-order valence-corrected chi connectivity index (χ1v) is 8.27. The van der Waals surface area contributed by atoms with Crippen LogP contribution in [0.1, 0.15) is 24.5 Å². The summed E-state index contributed by atoms with van der Waals surface area (Å²) in [7, 11) is 0. The molecule has 0 bridgehead atoms. The Balaban J connectivity index is 1.56. The Morgan fingerprint density at radius 1 is 1.08 bits per heavy atom. The van der Waals surface area contributed by atoms with Crippen LogP contribution in [0, 0.1) is 0 Å². The van der Waals surface area contributed by atoms with Crippen LogP contribution in [-0.2, 0) is 4.79 Å². The molecule has 6 heteroatoms. The van der Waals surface area contributed by atoms with Crippen LogP contribution >= 0.6 is 0 Å². The van der Waals surface area contributed by atoms with Crippen molar-refractivity contribution in [3.63, 3.8) is 0 Å². The number of aromatic nitrogens is 2. The minimum absolute atomic E-state index is 0.00708. The van der Waals surface area contributed by atoms with Crippen molar-refractivity contribution in [3.8, 4) is 0 Å². The fraction of sp³-hybridized carbons (Fsp3) is 0.389. The maximum Gasteiger partial charge on any atom is 0.225 e. The number of anilines is 1. The molecule has 1 N–H and O–H groups in total. The highest BCUT2D eigenvalue weighted by atomic mass is 16.3. The lowest BCUT2D eigenvalue weighted by Crippen LogP contribution is -2.36. The second-order valence-electron chi connectivity index (χ2n) is 5.93. The molecule has 2 aromatic rings. The van der Waals surface area contributed by atoms with Crippen LogP contribution in [0.25, 0.3) is 0 Å². The Hall–Kier alpha value is -2.47. The number of nitrogens with zero attached hydrogens (tertiary/aromatic N) is 4. The average molecular weight is 326 g/mol. The van der Waals surface area contributed by atoms with E-state index in [2.05, 4.69) is 15.1 Å². The lowest BCUT2D eigenvalue weighted by atomic mass is 10.1. The second kappa shape index (κ2) is 7.88. The van der Waals surface area contributed by atoms with Crippen molar-refractivity contribution >= 4 is 11.7 Å². The minimum atomic E-state index is -0.752. The standard InChI is InChI=1S/C18H22N4O2/c23-16(15-6-2-1-3-7-15)14-18(24)22-11-5-10-21(12-13-22)17-8-4-9-19-20-17/h1-4,6-9,16,23H,5,10-14H2. The summed E-state index contributed by atoms with van der Waals surface area (Å²) in [6.45, 7) is 2.92. The number of amides is 1. The number of carbonyl (C=O) groups is 1. The molecular weight excluding hydrogens is 304 g/mol. The Kier molecular flexibility index (Phi) is 5.38. The average Bonchev–Trinajstić information content (AvgIpc) is 2.89. The number of benzene rings is 1. The molecule has 1 fully saturated rings. The summed E-state index contributed by atoms with van der Waals surface area (Å²) in [6.07, 6.45) is 1.90. The van der Waals surface area contributed by atoms with Crippen LogP contribution in [0.5, 0.6) is 0 Å². The van der Waals surface area contributed by atoms with Crippen molar-refractivity contribution in [2.45, 2.75) is 18.9 Å². The summed E-state index contributed by atoms with van der Waals surface area (Å²) < 4.78 is 0. The van der Waals surface area contributed by atoms with Crippen molar-refractivity contribution in [1.29, 1.82) is 0 Å². The van der Waals surface area contributed by atoms with E-state index in [-0.39, 0.29) is 12.3 Å². The molecule has 3 rings (SSSR count). The topological polar surface area (TPSA) is 69.6 Å². The first-order valence-electron chi connectivity index (χ1n) is 8.27. The van der Waals surface area contributed by atoms with Crippen molar-refractivity contribution in [1.82, 2.24) is 15.1 Å². The maximum absolute atomic E-state index is 12.5. The molecular formula is C18H22N4O2. The van der Waals surface area contributed by atoms with E-state index < -0.39 is 6.10 Å². The molecule has 1 unspecified atom stereocenters. The molecule has 1 aromatic heterocycles. The van der Waals surface area contributed by atoms with Gasteiger partial charge in [0.15, 0.2) is 5.82 Å². The van der Waals surface area contributed by atoms with Crippen LogP contribution in [0.2, 0.25) is 0 Å². The number of aliphatic hydroxyl groups is 1. The molecule has 2 heterocycles. The van der Waals surface area contributed by atoms with E-state index in [1.54, 1.807) is 6.20 Å². The van der Waals surface area contributed by atoms with E-state index >= 15 is 0 Å². The Labute approximate surface area is 141 Å². The Morgan fingerprint density at radius 3 is 2.67 bits per heavy atom. The minimum Gasteiger partial charge on any atom is -0.388 e. The first-order chi connectivity index (χ1) is 11.7. The van der Waals surface area contributed by atoms with Crippen LogP contribution < -0.4 is 4.90 Å². The van der Waals surface area contributed by atoms with Gasteiger partial charge in [0.2, 0.25) is 5.91 Å². The van der Waals surface area contributed by atoms with E-state index in [1.165, 1.54) is 0 Å². The largest absolute Gasteiger partial charge is 0.388 e. The van der Waals surface area contributed by atoms with Crippen molar-refractivity contribution in [2.75, 3.05) is 31.1 Å². The van der Waals surface area contributed by atoms with Gasteiger partial charge in [0.25, 0.3) is 0 Å². The first kappa shape index (κ1) is 16.4. The van der Waals surface area contributed by atoms with Gasteiger partial charge in [-0.05, 0) is 24.1 Å². The summed E-state index contributed by atoms with van der Waals surface area (Å²) in [5.41, 5.74) is 0.779. The third-order valence-corrected chi connectivity index (χ3v) is 4.28. The third kappa shape index (κ3) is 4.08. The molecule has 1 aromatic carbocycles. The number of aliphatic hydroxyl groups excluding tert-OH is 1. The van der Waals surface area contributed by atoms with Gasteiger partial charge < -0.3 is 14.9 Å². The summed E-state index contributed by atoms with van der Waals surface area (Å²) >= 11 is 0. The number of hydrogen-bond donors (Lipinski definition) is 1. The van der Waals surface area contributed by atoms with Gasteiger partial charge >= 0.3 is 0 Å². The predicted octanol–water partition coefficient (Wildman–Crippen LogP) is 1.64. The second-order valence-corrected chi connectivity index (χ2v) is 5.93. The smallest absolute Gasteiger partial charge is 0.225 e. The van der Waals surface area contributed by atoms with Gasteiger partial charge in [-0.1, -0.05) is 30.3 Å². The number of rotatable bonds is 4. The van der Waals surface area contributed by atoms with Gasteiger partial charge in [-0.15, -0.1) is 5.10 Å². The summed E-state index contributed by atoms with van der Waals surface area (Å²) in [5.74, 6) is 0.837. The highest BCUT2D eigenvalue weighted by molar-refractivity contribution is 5.77. The van der Waals surface area contributed by atoms with E-state index in [4.69, 9.17) is 0 Å². The van der Waals surface area contributed by atoms with Crippen molar-refractivity contribution in [2.24, 2.45) is 0 Å². The molecule has 1 aliphatic heterocycles. The molecule has 6 nitrogen and oxygen atoms in total. The van der Waals surface area contributed by atoms with E-state index in [0.717, 1.165) is 30.9 Å². The molecule has 0 aliphatic carbocycles. The molecule has 1 aliphatic rings. The highest BCUT2D eigenvalue weighted by Gasteiger charge is 2.22.